The lowest BCUT2D eigenvalue weighted by Gasteiger charge is -2.25. The Morgan fingerprint density at radius 3 is 2.40 bits per heavy atom. The molecule has 1 aromatic heterocycles. The van der Waals surface area contributed by atoms with Crippen molar-refractivity contribution in [3.8, 4) is 17.4 Å². The fourth-order valence-electron chi connectivity index (χ4n) is 3.72. The summed E-state index contributed by atoms with van der Waals surface area (Å²) in [6.45, 7) is 3.61. The Morgan fingerprint density at radius 2 is 1.74 bits per heavy atom. The predicted molar refractivity (Wildman–Crippen MR) is 128 cm³/mol. The molecule has 0 bridgehead atoms. The summed E-state index contributed by atoms with van der Waals surface area (Å²) in [7, 11) is 0. The number of ether oxygens (including phenoxy) is 1. The second-order valence-corrected chi connectivity index (χ2v) is 7.87. The van der Waals surface area contributed by atoms with Crippen LogP contribution in [-0.2, 0) is 20.9 Å². The number of hydrogen-bond acceptors (Lipinski definition) is 6. The molecule has 35 heavy (non-hydrogen) atoms. The van der Waals surface area contributed by atoms with Crippen LogP contribution in [0.15, 0.2) is 87.9 Å². The minimum Gasteiger partial charge on any atom is -0.457 e. The summed E-state index contributed by atoms with van der Waals surface area (Å²) in [5, 5.41) is 9.37. The molecule has 7 nitrogen and oxygen atoms in total. The summed E-state index contributed by atoms with van der Waals surface area (Å²) in [6, 6.07) is 21.6. The van der Waals surface area contributed by atoms with Gasteiger partial charge >= 0.3 is 5.97 Å². The quantitative estimate of drug-likeness (QED) is 0.291. The standard InChI is InChI=1S/C28H22N2O5/c1-3-30-26(31)23(18(2)24(16-29)27(30)32)15-22-13-14-25(35-22)20-9-11-21(12-10-20)28(33)34-17-19-7-5-4-6-8-19/h4-15H,3,17H2,1-2H3/b23-15+. The maximum atomic E-state index is 12.8. The first-order valence-corrected chi connectivity index (χ1v) is 11.0. The minimum atomic E-state index is -0.586. The molecule has 7 heteroatoms. The van der Waals surface area contributed by atoms with Gasteiger partial charge in [0.25, 0.3) is 11.8 Å². The summed E-state index contributed by atoms with van der Waals surface area (Å²) in [5.41, 5.74) is 2.56. The van der Waals surface area contributed by atoms with Crippen LogP contribution in [0.3, 0.4) is 0 Å². The van der Waals surface area contributed by atoms with Crippen LogP contribution in [-0.4, -0.2) is 29.2 Å². The lowest BCUT2D eigenvalue weighted by Crippen LogP contribution is -2.42. The van der Waals surface area contributed by atoms with Crippen LogP contribution >= 0.6 is 0 Å². The fraction of sp³-hybridized carbons (Fsp3) is 0.143. The number of carbonyl (C=O) groups is 3. The van der Waals surface area contributed by atoms with Crippen LogP contribution < -0.4 is 0 Å². The highest BCUT2D eigenvalue weighted by molar-refractivity contribution is 6.19. The highest BCUT2D eigenvalue weighted by atomic mass is 16.5. The first-order valence-electron chi connectivity index (χ1n) is 11.0. The van der Waals surface area contributed by atoms with Gasteiger partial charge in [-0.2, -0.15) is 5.26 Å². The zero-order valence-electron chi connectivity index (χ0n) is 19.3. The van der Waals surface area contributed by atoms with E-state index in [-0.39, 0.29) is 24.3 Å². The summed E-state index contributed by atoms with van der Waals surface area (Å²) >= 11 is 0. The van der Waals surface area contributed by atoms with E-state index in [1.165, 1.54) is 6.08 Å². The molecule has 0 saturated carbocycles. The van der Waals surface area contributed by atoms with E-state index in [2.05, 4.69) is 0 Å². The van der Waals surface area contributed by atoms with E-state index in [1.54, 1.807) is 50.2 Å². The van der Waals surface area contributed by atoms with Crippen molar-refractivity contribution in [2.45, 2.75) is 20.5 Å². The molecule has 4 rings (SSSR count). The number of hydrogen-bond donors (Lipinski definition) is 0. The van der Waals surface area contributed by atoms with Gasteiger partial charge in [-0.25, -0.2) is 4.79 Å². The molecule has 3 aromatic rings. The fourth-order valence-corrected chi connectivity index (χ4v) is 3.72. The number of likely N-dealkylation sites (N-methyl/N-ethyl adjacent to an activating group) is 1. The van der Waals surface area contributed by atoms with Crippen molar-refractivity contribution in [3.63, 3.8) is 0 Å². The van der Waals surface area contributed by atoms with E-state index in [0.717, 1.165) is 16.0 Å². The van der Waals surface area contributed by atoms with E-state index >= 15 is 0 Å². The second kappa shape index (κ2) is 10.1. The van der Waals surface area contributed by atoms with Gasteiger partial charge in [-0.3, -0.25) is 14.5 Å². The third-order valence-electron chi connectivity index (χ3n) is 5.67. The molecule has 0 N–H and O–H groups in total. The summed E-state index contributed by atoms with van der Waals surface area (Å²) < 4.78 is 11.2. The zero-order chi connectivity index (χ0) is 24.9. The first kappa shape index (κ1) is 23.5. The van der Waals surface area contributed by atoms with Gasteiger partial charge in [0.05, 0.1) is 5.56 Å². The molecular weight excluding hydrogens is 444 g/mol. The Bertz CT molecular complexity index is 1390. The second-order valence-electron chi connectivity index (χ2n) is 7.87. The normalized spacial score (nSPS) is 14.9. The van der Waals surface area contributed by atoms with Crippen molar-refractivity contribution in [2.75, 3.05) is 6.54 Å². The third kappa shape index (κ3) is 4.82. The van der Waals surface area contributed by atoms with Crippen LogP contribution in [0, 0.1) is 11.3 Å². The number of nitrogens with zero attached hydrogens (tertiary/aromatic N) is 2. The minimum absolute atomic E-state index is 0.0563. The van der Waals surface area contributed by atoms with Crippen molar-refractivity contribution in [1.29, 1.82) is 5.26 Å². The number of imide groups is 1. The van der Waals surface area contributed by atoms with E-state index in [0.29, 0.717) is 22.7 Å². The van der Waals surface area contributed by atoms with Gasteiger partial charge in [-0.1, -0.05) is 42.5 Å². The summed E-state index contributed by atoms with van der Waals surface area (Å²) in [6.07, 6.45) is 1.53. The average molecular weight is 466 g/mol. The van der Waals surface area contributed by atoms with E-state index in [9.17, 15) is 19.6 Å². The van der Waals surface area contributed by atoms with Crippen LogP contribution in [0.5, 0.6) is 0 Å². The topological polar surface area (TPSA) is 101 Å². The van der Waals surface area contributed by atoms with Gasteiger partial charge in [-0.15, -0.1) is 0 Å². The number of amides is 2. The molecule has 0 fully saturated rings. The van der Waals surface area contributed by atoms with Gasteiger partial charge in [-0.05, 0) is 55.3 Å². The van der Waals surface area contributed by atoms with Gasteiger partial charge in [0.15, 0.2) is 0 Å². The molecule has 0 spiro atoms. The van der Waals surface area contributed by atoms with E-state index in [1.807, 2.05) is 36.4 Å². The van der Waals surface area contributed by atoms with Crippen LogP contribution in [0.2, 0.25) is 0 Å². The Labute approximate surface area is 202 Å². The average Bonchev–Trinajstić information content (AvgIpc) is 3.35. The van der Waals surface area contributed by atoms with Crippen molar-refractivity contribution in [3.05, 3.63) is 100 Å². The third-order valence-corrected chi connectivity index (χ3v) is 5.67. The summed E-state index contributed by atoms with van der Waals surface area (Å²) in [4.78, 5) is 38.5. The molecule has 2 aromatic carbocycles. The van der Waals surface area contributed by atoms with Crippen LogP contribution in [0.4, 0.5) is 0 Å². The molecule has 1 aliphatic rings. The molecule has 0 atom stereocenters. The van der Waals surface area contributed by atoms with Gasteiger partial charge in [0, 0.05) is 17.7 Å². The van der Waals surface area contributed by atoms with Gasteiger partial charge in [0.1, 0.15) is 29.8 Å². The van der Waals surface area contributed by atoms with E-state index in [4.69, 9.17) is 9.15 Å². The smallest absolute Gasteiger partial charge is 0.338 e. The Balaban J connectivity index is 1.51. The molecule has 174 valence electrons. The monoisotopic (exact) mass is 466 g/mol. The van der Waals surface area contributed by atoms with Crippen LogP contribution in [0.1, 0.15) is 35.5 Å². The Hall–Kier alpha value is -4.70. The zero-order valence-corrected chi connectivity index (χ0v) is 19.3. The van der Waals surface area contributed by atoms with E-state index < -0.39 is 17.8 Å². The molecule has 0 radical (unpaired) electrons. The number of nitriles is 1. The molecule has 0 unspecified atom stereocenters. The van der Waals surface area contributed by atoms with Crippen molar-refractivity contribution < 1.29 is 23.5 Å². The van der Waals surface area contributed by atoms with Crippen molar-refractivity contribution in [1.82, 2.24) is 4.90 Å². The lowest BCUT2D eigenvalue weighted by molar-refractivity contribution is -0.140. The summed E-state index contributed by atoms with van der Waals surface area (Å²) in [5.74, 6) is -0.541. The first-order chi connectivity index (χ1) is 16.9. The predicted octanol–water partition coefficient (Wildman–Crippen LogP) is 4.92. The number of rotatable bonds is 6. The van der Waals surface area contributed by atoms with Crippen molar-refractivity contribution in [2.24, 2.45) is 0 Å². The number of esters is 1. The maximum Gasteiger partial charge on any atom is 0.338 e. The largest absolute Gasteiger partial charge is 0.457 e. The van der Waals surface area contributed by atoms with Crippen molar-refractivity contribution >= 4 is 23.9 Å². The lowest BCUT2D eigenvalue weighted by atomic mass is 9.95. The maximum absolute atomic E-state index is 12.8. The molecule has 0 aliphatic carbocycles. The van der Waals surface area contributed by atoms with Gasteiger partial charge in [0.2, 0.25) is 0 Å². The Morgan fingerprint density at radius 1 is 1.03 bits per heavy atom. The van der Waals surface area contributed by atoms with Crippen LogP contribution in [0.25, 0.3) is 17.4 Å². The Kier molecular flexibility index (Phi) is 6.74. The molecule has 2 amide bonds. The molecule has 1 aliphatic heterocycles. The molecule has 0 saturated heterocycles. The highest BCUT2D eigenvalue weighted by Crippen LogP contribution is 2.29. The van der Waals surface area contributed by atoms with Gasteiger partial charge < -0.3 is 9.15 Å². The number of carbonyl (C=O) groups excluding carboxylic acids is 3. The SMILES string of the molecule is CCN1C(=O)C(C#N)=C(C)/C(=C\c2ccc(-c3ccc(C(=O)OCc4ccccc4)cc3)o2)C1=O. The molecular formula is C28H22N2O5. The molecule has 2 heterocycles. The number of furan rings is 1. The number of benzene rings is 2. The highest BCUT2D eigenvalue weighted by Gasteiger charge is 2.34.